The predicted molar refractivity (Wildman–Crippen MR) is 103 cm³/mol. The first-order valence-corrected chi connectivity index (χ1v) is 8.40. The Morgan fingerprint density at radius 3 is 2.30 bits per heavy atom. The predicted octanol–water partition coefficient (Wildman–Crippen LogP) is 4.83. The van der Waals surface area contributed by atoms with Crippen molar-refractivity contribution in [3.63, 3.8) is 0 Å². The number of carbonyl (C=O) groups excluding carboxylic acids is 2. The van der Waals surface area contributed by atoms with E-state index in [2.05, 4.69) is 5.32 Å². The van der Waals surface area contributed by atoms with E-state index in [-0.39, 0.29) is 5.91 Å². The van der Waals surface area contributed by atoms with Crippen LogP contribution in [0.4, 0.5) is 5.69 Å². The summed E-state index contributed by atoms with van der Waals surface area (Å²) in [6.07, 6.45) is 0. The first-order valence-electron chi connectivity index (χ1n) is 8.40. The average molecular weight is 361 g/mol. The monoisotopic (exact) mass is 361 g/mol. The van der Waals surface area contributed by atoms with Gasteiger partial charge in [-0.1, -0.05) is 30.3 Å². The van der Waals surface area contributed by atoms with Gasteiger partial charge in [-0.15, -0.1) is 0 Å². The Hall–Kier alpha value is -3.60. The molecule has 5 nitrogen and oxygen atoms in total. The second kappa shape index (κ2) is 8.19. The molecule has 0 saturated carbocycles. The minimum absolute atomic E-state index is 0.293. The third-order valence-corrected chi connectivity index (χ3v) is 3.98. The van der Waals surface area contributed by atoms with Gasteiger partial charge in [0.25, 0.3) is 5.91 Å². The minimum Gasteiger partial charge on any atom is -0.465 e. The number of esters is 1. The van der Waals surface area contributed by atoms with E-state index in [1.54, 1.807) is 42.5 Å². The number of amides is 1. The lowest BCUT2D eigenvalue weighted by Gasteiger charge is -2.11. The lowest BCUT2D eigenvalue weighted by atomic mass is 10.1. The van der Waals surface area contributed by atoms with Crippen molar-refractivity contribution in [2.75, 3.05) is 12.4 Å². The van der Waals surface area contributed by atoms with Crippen molar-refractivity contribution < 1.29 is 19.1 Å². The maximum Gasteiger partial charge on any atom is 0.337 e. The van der Waals surface area contributed by atoms with Crippen molar-refractivity contribution in [2.24, 2.45) is 0 Å². The van der Waals surface area contributed by atoms with E-state index in [1.807, 2.05) is 37.3 Å². The van der Waals surface area contributed by atoms with Crippen LogP contribution in [-0.4, -0.2) is 19.0 Å². The maximum absolute atomic E-state index is 12.6. The lowest BCUT2D eigenvalue weighted by molar-refractivity contribution is 0.0600. The molecule has 0 radical (unpaired) electrons. The summed E-state index contributed by atoms with van der Waals surface area (Å²) < 4.78 is 10.5. The Kier molecular flexibility index (Phi) is 5.52. The lowest BCUT2D eigenvalue weighted by Crippen LogP contribution is -2.13. The van der Waals surface area contributed by atoms with Crippen molar-refractivity contribution in [3.8, 4) is 11.5 Å². The van der Waals surface area contributed by atoms with Crippen LogP contribution < -0.4 is 10.1 Å². The summed E-state index contributed by atoms with van der Waals surface area (Å²) in [5, 5.41) is 2.83. The van der Waals surface area contributed by atoms with Gasteiger partial charge >= 0.3 is 5.97 Å². The number of carbonyl (C=O) groups is 2. The summed E-state index contributed by atoms with van der Waals surface area (Å²) in [4.78, 5) is 24.3. The topological polar surface area (TPSA) is 64.6 Å². The number of anilines is 1. The smallest absolute Gasteiger partial charge is 0.337 e. The fourth-order valence-electron chi connectivity index (χ4n) is 2.52. The molecule has 0 fully saturated rings. The van der Waals surface area contributed by atoms with E-state index in [0.717, 1.165) is 5.56 Å². The highest BCUT2D eigenvalue weighted by molar-refractivity contribution is 6.05. The highest BCUT2D eigenvalue weighted by Gasteiger charge is 2.12. The van der Waals surface area contributed by atoms with Gasteiger partial charge in [0.15, 0.2) is 0 Å². The Morgan fingerprint density at radius 1 is 0.815 bits per heavy atom. The molecule has 0 heterocycles. The van der Waals surface area contributed by atoms with E-state index in [0.29, 0.717) is 28.3 Å². The van der Waals surface area contributed by atoms with Crippen LogP contribution in [0.25, 0.3) is 0 Å². The van der Waals surface area contributed by atoms with Gasteiger partial charge in [-0.3, -0.25) is 4.79 Å². The number of benzene rings is 3. The maximum atomic E-state index is 12.6. The number of rotatable bonds is 5. The first kappa shape index (κ1) is 18.2. The van der Waals surface area contributed by atoms with Gasteiger partial charge in [-0.05, 0) is 55.0 Å². The zero-order valence-electron chi connectivity index (χ0n) is 15.1. The normalized spacial score (nSPS) is 10.1. The molecule has 5 heteroatoms. The van der Waals surface area contributed by atoms with Gasteiger partial charge in [0.2, 0.25) is 0 Å². The molecule has 0 aliphatic rings. The van der Waals surface area contributed by atoms with Gasteiger partial charge in [0.1, 0.15) is 11.5 Å². The van der Waals surface area contributed by atoms with Crippen LogP contribution in [0.1, 0.15) is 26.3 Å². The van der Waals surface area contributed by atoms with E-state index < -0.39 is 5.97 Å². The molecule has 3 aromatic carbocycles. The molecule has 3 rings (SSSR count). The number of ether oxygens (including phenoxy) is 2. The fourth-order valence-corrected chi connectivity index (χ4v) is 2.52. The summed E-state index contributed by atoms with van der Waals surface area (Å²) >= 11 is 0. The molecule has 0 spiro atoms. The zero-order valence-corrected chi connectivity index (χ0v) is 15.1. The Balaban J connectivity index is 1.79. The van der Waals surface area contributed by atoms with Crippen molar-refractivity contribution in [2.45, 2.75) is 6.92 Å². The summed E-state index contributed by atoms with van der Waals surface area (Å²) in [5.41, 5.74) is 2.22. The number of aryl methyl sites for hydroxylation is 1. The van der Waals surface area contributed by atoms with Crippen LogP contribution in [0.2, 0.25) is 0 Å². The van der Waals surface area contributed by atoms with Gasteiger partial charge in [0.05, 0.1) is 12.7 Å². The third-order valence-electron chi connectivity index (χ3n) is 3.98. The van der Waals surface area contributed by atoms with Gasteiger partial charge in [0, 0.05) is 11.3 Å². The first-order chi connectivity index (χ1) is 13.1. The van der Waals surface area contributed by atoms with Crippen molar-refractivity contribution in [1.29, 1.82) is 0 Å². The molecule has 0 atom stereocenters. The number of nitrogens with one attached hydrogen (secondary N) is 1. The van der Waals surface area contributed by atoms with Crippen LogP contribution in [0.3, 0.4) is 0 Å². The summed E-state index contributed by atoms with van der Waals surface area (Å²) in [7, 11) is 1.32. The van der Waals surface area contributed by atoms with Crippen LogP contribution in [0.15, 0.2) is 72.8 Å². The second-order valence-corrected chi connectivity index (χ2v) is 5.92. The van der Waals surface area contributed by atoms with Crippen molar-refractivity contribution in [3.05, 3.63) is 89.5 Å². The van der Waals surface area contributed by atoms with Crippen LogP contribution in [0, 0.1) is 6.92 Å². The summed E-state index contributed by atoms with van der Waals surface area (Å²) in [6, 6.07) is 21.3. The zero-order chi connectivity index (χ0) is 19.2. The van der Waals surface area contributed by atoms with Gasteiger partial charge < -0.3 is 14.8 Å². The van der Waals surface area contributed by atoms with Gasteiger partial charge in [-0.25, -0.2) is 4.79 Å². The molecule has 1 amide bonds. The molecule has 136 valence electrons. The number of hydrogen-bond acceptors (Lipinski definition) is 4. The molecule has 0 unspecified atom stereocenters. The van der Waals surface area contributed by atoms with E-state index >= 15 is 0 Å². The Morgan fingerprint density at radius 2 is 1.56 bits per heavy atom. The average Bonchev–Trinajstić information content (AvgIpc) is 2.70. The quantitative estimate of drug-likeness (QED) is 0.661. The summed E-state index contributed by atoms with van der Waals surface area (Å²) in [5.74, 6) is 0.507. The van der Waals surface area contributed by atoms with Crippen LogP contribution >= 0.6 is 0 Å². The minimum atomic E-state index is -0.455. The molecule has 27 heavy (non-hydrogen) atoms. The highest BCUT2D eigenvalue weighted by atomic mass is 16.5. The van der Waals surface area contributed by atoms with Crippen molar-refractivity contribution >= 4 is 17.6 Å². The second-order valence-electron chi connectivity index (χ2n) is 5.92. The number of para-hydroxylation sites is 1. The molecule has 3 aromatic rings. The van der Waals surface area contributed by atoms with Crippen LogP contribution in [0.5, 0.6) is 11.5 Å². The molecule has 0 aliphatic heterocycles. The Bertz CT molecular complexity index is 967. The largest absolute Gasteiger partial charge is 0.465 e. The molecule has 0 aromatic heterocycles. The highest BCUT2D eigenvalue weighted by Crippen LogP contribution is 2.23. The molecular weight excluding hydrogens is 342 g/mol. The number of methoxy groups -OCH3 is 1. The molecular formula is C22H19NO4. The van der Waals surface area contributed by atoms with Gasteiger partial charge in [-0.2, -0.15) is 0 Å². The fraction of sp³-hybridized carbons (Fsp3) is 0.0909. The number of hydrogen-bond donors (Lipinski definition) is 1. The SMILES string of the molecule is COC(=O)c1ccc(C)c(NC(=O)c2cccc(Oc3ccccc3)c2)c1. The van der Waals surface area contributed by atoms with E-state index in [1.165, 1.54) is 7.11 Å². The third kappa shape index (κ3) is 4.52. The molecule has 0 saturated heterocycles. The standard InChI is InChI=1S/C22H19NO4/c1-15-11-12-17(22(25)26-2)14-20(15)23-21(24)16-7-6-10-19(13-16)27-18-8-4-3-5-9-18/h3-14H,1-2H3,(H,23,24). The van der Waals surface area contributed by atoms with E-state index in [4.69, 9.17) is 9.47 Å². The summed E-state index contributed by atoms with van der Waals surface area (Å²) in [6.45, 7) is 1.85. The van der Waals surface area contributed by atoms with E-state index in [9.17, 15) is 9.59 Å². The Labute approximate surface area is 157 Å². The van der Waals surface area contributed by atoms with Crippen molar-refractivity contribution in [1.82, 2.24) is 0 Å². The van der Waals surface area contributed by atoms with Crippen LogP contribution in [-0.2, 0) is 4.74 Å². The molecule has 0 aliphatic carbocycles. The molecule has 0 bridgehead atoms. The molecule has 1 N–H and O–H groups in total.